The molecule has 1 fully saturated rings. The number of piperazine rings is 1. The maximum Gasteiger partial charge on any atom is 0.410 e. The predicted molar refractivity (Wildman–Crippen MR) is 105 cm³/mol. The van der Waals surface area contributed by atoms with Gasteiger partial charge in [0.05, 0.1) is 12.7 Å². The highest BCUT2D eigenvalue weighted by molar-refractivity contribution is 6.31. The number of amides is 1. The van der Waals surface area contributed by atoms with Crippen LogP contribution >= 0.6 is 11.6 Å². The zero-order chi connectivity index (χ0) is 20.6. The Morgan fingerprint density at radius 3 is 2.61 bits per heavy atom. The number of hydrogen-bond donors (Lipinski definition) is 0. The lowest BCUT2D eigenvalue weighted by atomic mass is 10.2. The molecule has 1 aromatic carbocycles. The molecule has 0 spiro atoms. The number of aromatic nitrogens is 1. The van der Waals surface area contributed by atoms with E-state index in [1.807, 2.05) is 32.6 Å². The minimum atomic E-state index is -0.540. The molecule has 0 unspecified atom stereocenters. The first-order valence-corrected chi connectivity index (χ1v) is 9.40. The van der Waals surface area contributed by atoms with Gasteiger partial charge in [0, 0.05) is 36.8 Å². The molecule has 2 heterocycles. The Labute approximate surface area is 168 Å². The Bertz CT molecular complexity index is 905. The number of benzene rings is 1. The molecule has 0 bridgehead atoms. The number of halogens is 1. The van der Waals surface area contributed by atoms with E-state index >= 15 is 0 Å². The molecule has 3 rings (SSSR count). The number of rotatable bonds is 2. The van der Waals surface area contributed by atoms with E-state index in [-0.39, 0.29) is 17.7 Å². The van der Waals surface area contributed by atoms with E-state index in [1.165, 1.54) is 13.2 Å². The Hall–Kier alpha value is -2.48. The summed E-state index contributed by atoms with van der Waals surface area (Å²) in [6.07, 6.45) is -0.337. The molecule has 1 amide bonds. The second-order valence-electron chi connectivity index (χ2n) is 7.76. The van der Waals surface area contributed by atoms with Crippen LogP contribution in [0.2, 0.25) is 5.02 Å². The third-order valence-corrected chi connectivity index (χ3v) is 4.60. The molecule has 1 aromatic heterocycles. The van der Waals surface area contributed by atoms with Crippen LogP contribution in [0.5, 0.6) is 0 Å². The van der Waals surface area contributed by atoms with Gasteiger partial charge in [-0.3, -0.25) is 0 Å². The van der Waals surface area contributed by atoms with Crippen LogP contribution in [0.1, 0.15) is 38.1 Å². The van der Waals surface area contributed by atoms with Crippen LogP contribution in [-0.2, 0) is 9.47 Å². The van der Waals surface area contributed by atoms with Gasteiger partial charge in [-0.25, -0.2) is 9.59 Å². The Balaban J connectivity index is 1.82. The van der Waals surface area contributed by atoms with E-state index in [4.69, 9.17) is 25.5 Å². The van der Waals surface area contributed by atoms with Gasteiger partial charge in [-0.15, -0.1) is 0 Å². The molecule has 0 radical (unpaired) electrons. The lowest BCUT2D eigenvalue weighted by Crippen LogP contribution is -2.54. The third kappa shape index (κ3) is 4.16. The Kier molecular flexibility index (Phi) is 5.43. The van der Waals surface area contributed by atoms with Gasteiger partial charge in [-0.05, 0) is 33.8 Å². The van der Waals surface area contributed by atoms with Crippen LogP contribution in [0.25, 0.3) is 11.1 Å². The Morgan fingerprint density at radius 2 is 2.00 bits per heavy atom. The normalized spacial score (nSPS) is 17.7. The Morgan fingerprint density at radius 1 is 1.29 bits per heavy atom. The molecular weight excluding hydrogens is 386 g/mol. The highest BCUT2D eigenvalue weighted by atomic mass is 35.5. The molecule has 0 saturated carbocycles. The van der Waals surface area contributed by atoms with Crippen molar-refractivity contribution in [1.82, 2.24) is 9.88 Å². The van der Waals surface area contributed by atoms with E-state index in [0.717, 1.165) is 0 Å². The molecule has 9 heteroatoms. The van der Waals surface area contributed by atoms with Crippen molar-refractivity contribution in [3.8, 4) is 0 Å². The number of methoxy groups -OCH3 is 1. The van der Waals surface area contributed by atoms with Crippen LogP contribution in [-0.4, -0.2) is 60.3 Å². The quantitative estimate of drug-likeness (QED) is 0.699. The number of nitrogens with zero attached hydrogens (tertiary/aromatic N) is 3. The van der Waals surface area contributed by atoms with E-state index in [1.54, 1.807) is 11.0 Å². The number of carbonyl (C=O) groups is 2. The number of hydrogen-bond acceptors (Lipinski definition) is 7. The topological polar surface area (TPSA) is 85.1 Å². The fraction of sp³-hybridized carbons (Fsp3) is 0.526. The number of esters is 1. The molecule has 152 valence electrons. The molecule has 1 saturated heterocycles. The molecule has 1 atom stereocenters. The number of carbonyl (C=O) groups excluding carboxylic acids is 2. The van der Waals surface area contributed by atoms with Crippen molar-refractivity contribution in [3.63, 3.8) is 0 Å². The summed E-state index contributed by atoms with van der Waals surface area (Å²) in [6, 6.07) is 3.44. The van der Waals surface area contributed by atoms with Crippen LogP contribution in [0, 0.1) is 0 Å². The van der Waals surface area contributed by atoms with Crippen LogP contribution in [0.4, 0.5) is 10.8 Å². The molecule has 0 N–H and O–H groups in total. The van der Waals surface area contributed by atoms with E-state index < -0.39 is 11.6 Å². The van der Waals surface area contributed by atoms with Crippen molar-refractivity contribution in [1.29, 1.82) is 0 Å². The van der Waals surface area contributed by atoms with Gasteiger partial charge in [0.15, 0.2) is 5.58 Å². The van der Waals surface area contributed by atoms with Crippen LogP contribution < -0.4 is 4.90 Å². The summed E-state index contributed by atoms with van der Waals surface area (Å²) in [5.41, 5.74) is 0.513. The second-order valence-corrected chi connectivity index (χ2v) is 8.19. The van der Waals surface area contributed by atoms with Gasteiger partial charge in [-0.2, -0.15) is 4.98 Å². The zero-order valence-corrected chi connectivity index (χ0v) is 17.4. The van der Waals surface area contributed by atoms with Crippen molar-refractivity contribution < 1.29 is 23.5 Å². The summed E-state index contributed by atoms with van der Waals surface area (Å²) >= 11 is 6.09. The average molecular weight is 410 g/mol. The van der Waals surface area contributed by atoms with Gasteiger partial charge in [0.1, 0.15) is 11.1 Å². The summed E-state index contributed by atoms with van der Waals surface area (Å²) in [5.74, 6) is -0.532. The van der Waals surface area contributed by atoms with E-state index in [9.17, 15) is 9.59 Å². The smallest absolute Gasteiger partial charge is 0.410 e. The average Bonchev–Trinajstić information content (AvgIpc) is 3.02. The van der Waals surface area contributed by atoms with Gasteiger partial charge < -0.3 is 23.7 Å². The predicted octanol–water partition coefficient (Wildman–Crippen LogP) is 3.71. The minimum absolute atomic E-state index is 0.0496. The summed E-state index contributed by atoms with van der Waals surface area (Å²) in [6.45, 7) is 8.96. The van der Waals surface area contributed by atoms with Gasteiger partial charge in [-0.1, -0.05) is 11.6 Å². The maximum absolute atomic E-state index is 12.3. The lowest BCUT2D eigenvalue weighted by Gasteiger charge is -2.39. The highest BCUT2D eigenvalue weighted by Gasteiger charge is 2.32. The first-order chi connectivity index (χ1) is 13.1. The molecule has 1 aliphatic rings. The monoisotopic (exact) mass is 409 g/mol. The van der Waals surface area contributed by atoms with Gasteiger partial charge in [0.25, 0.3) is 6.01 Å². The van der Waals surface area contributed by atoms with Crippen LogP contribution in [0.3, 0.4) is 0 Å². The summed E-state index contributed by atoms with van der Waals surface area (Å²) in [5, 5.41) is 0.360. The molecule has 2 aromatic rings. The third-order valence-electron chi connectivity index (χ3n) is 4.38. The molecule has 1 aliphatic heterocycles. The summed E-state index contributed by atoms with van der Waals surface area (Å²) < 4.78 is 16.1. The first kappa shape index (κ1) is 20.3. The lowest BCUT2D eigenvalue weighted by molar-refractivity contribution is 0.0216. The first-order valence-electron chi connectivity index (χ1n) is 9.02. The fourth-order valence-corrected chi connectivity index (χ4v) is 3.31. The van der Waals surface area contributed by atoms with Crippen molar-refractivity contribution in [2.24, 2.45) is 0 Å². The van der Waals surface area contributed by atoms with Gasteiger partial charge >= 0.3 is 12.1 Å². The zero-order valence-electron chi connectivity index (χ0n) is 16.6. The van der Waals surface area contributed by atoms with Crippen molar-refractivity contribution in [3.05, 3.63) is 22.7 Å². The SMILES string of the molecule is COC(=O)c1cc(Cl)cc2oc(N3CCN(C(=O)OC(C)(C)C)C[C@@H]3C)nc12. The number of oxazole rings is 1. The number of ether oxygens (including phenoxy) is 2. The largest absolute Gasteiger partial charge is 0.465 e. The van der Waals surface area contributed by atoms with E-state index in [2.05, 4.69) is 4.98 Å². The van der Waals surface area contributed by atoms with Crippen LogP contribution in [0.15, 0.2) is 16.5 Å². The molecule has 28 heavy (non-hydrogen) atoms. The van der Waals surface area contributed by atoms with Crippen molar-refractivity contribution in [2.45, 2.75) is 39.3 Å². The van der Waals surface area contributed by atoms with Gasteiger partial charge in [0.2, 0.25) is 0 Å². The number of fused-ring (bicyclic) bond motifs is 1. The summed E-state index contributed by atoms with van der Waals surface area (Å²) in [7, 11) is 1.30. The van der Waals surface area contributed by atoms with E-state index in [0.29, 0.717) is 41.8 Å². The molecular formula is C19H24ClN3O5. The fourth-order valence-electron chi connectivity index (χ4n) is 3.11. The molecule has 0 aliphatic carbocycles. The second kappa shape index (κ2) is 7.50. The minimum Gasteiger partial charge on any atom is -0.465 e. The standard InChI is InChI=1S/C19H24ClN3O5/c1-11-10-22(18(25)28-19(2,3)4)6-7-23(11)17-21-15-13(16(24)26-5)8-12(20)9-14(15)27-17/h8-9,11H,6-7,10H2,1-5H3/t11-/m0/s1. The summed E-state index contributed by atoms with van der Waals surface area (Å²) in [4.78, 5) is 32.5. The van der Waals surface area contributed by atoms with Crippen molar-refractivity contribution in [2.75, 3.05) is 31.6 Å². The number of anilines is 1. The van der Waals surface area contributed by atoms with Crippen molar-refractivity contribution >= 4 is 40.8 Å². The molecule has 8 nitrogen and oxygen atoms in total. The highest BCUT2D eigenvalue weighted by Crippen LogP contribution is 2.30. The maximum atomic E-state index is 12.3.